The molecule has 2 aromatic carbocycles. The topological polar surface area (TPSA) is 97.1 Å². The van der Waals surface area contributed by atoms with Gasteiger partial charge in [0, 0.05) is 20.1 Å². The summed E-state index contributed by atoms with van der Waals surface area (Å²) in [5.41, 5.74) is 4.88. The zero-order valence-electron chi connectivity index (χ0n) is 25.9. The average molecular weight is 670 g/mol. The van der Waals surface area contributed by atoms with E-state index in [9.17, 15) is 9.59 Å². The lowest BCUT2D eigenvalue weighted by Gasteiger charge is -2.26. The van der Waals surface area contributed by atoms with Crippen molar-refractivity contribution < 1.29 is 28.5 Å². The van der Waals surface area contributed by atoms with E-state index in [4.69, 9.17) is 24.7 Å². The highest BCUT2D eigenvalue weighted by Gasteiger charge is 2.28. The molecule has 2 rings (SSSR count). The lowest BCUT2D eigenvalue weighted by Crippen LogP contribution is -2.30. The fourth-order valence-electron chi connectivity index (χ4n) is 3.29. The predicted molar refractivity (Wildman–Crippen MR) is 169 cm³/mol. The second kappa shape index (κ2) is 14.9. The standard InChI is InChI=1S/C16H23IO3.C16H25NO3/c2*1-15(2,3)20-14(18)10-16(4,5)11-19-13-8-6-12(17)7-9-13/h6-9H,10-11H2,1-5H3;6-9H,10-11,17H2,1-5H3. The molecular formula is C32H48INO6. The number of nitrogens with two attached hydrogens (primary N) is 1. The molecule has 2 aromatic rings. The molecule has 0 atom stereocenters. The van der Waals surface area contributed by atoms with E-state index in [1.807, 2.05) is 106 Å². The van der Waals surface area contributed by atoms with Crippen LogP contribution in [0, 0.1) is 14.4 Å². The molecule has 0 unspecified atom stereocenters. The number of carbonyl (C=O) groups is 2. The molecule has 0 aromatic heterocycles. The molecule has 40 heavy (non-hydrogen) atoms. The summed E-state index contributed by atoms with van der Waals surface area (Å²) in [6, 6.07) is 15.1. The molecule has 0 heterocycles. The fraction of sp³-hybridized carbons (Fsp3) is 0.562. The summed E-state index contributed by atoms with van der Waals surface area (Å²) in [5, 5.41) is 0. The van der Waals surface area contributed by atoms with Crippen LogP contribution in [0.25, 0.3) is 0 Å². The monoisotopic (exact) mass is 669 g/mol. The van der Waals surface area contributed by atoms with Gasteiger partial charge < -0.3 is 24.7 Å². The molecule has 0 radical (unpaired) electrons. The van der Waals surface area contributed by atoms with Gasteiger partial charge >= 0.3 is 11.9 Å². The van der Waals surface area contributed by atoms with Crippen LogP contribution >= 0.6 is 22.6 Å². The normalized spacial score (nSPS) is 12.1. The minimum absolute atomic E-state index is 0.186. The number of hydrogen-bond donors (Lipinski definition) is 1. The van der Waals surface area contributed by atoms with Crippen LogP contribution in [0.15, 0.2) is 48.5 Å². The molecule has 0 saturated heterocycles. The molecule has 0 aliphatic heterocycles. The number of halogens is 1. The quantitative estimate of drug-likeness (QED) is 0.157. The van der Waals surface area contributed by atoms with Gasteiger partial charge in [0.15, 0.2) is 0 Å². The Morgan fingerprint density at radius 3 is 1.27 bits per heavy atom. The lowest BCUT2D eigenvalue weighted by molar-refractivity contribution is -0.158. The van der Waals surface area contributed by atoms with Crippen molar-refractivity contribution in [3.05, 3.63) is 52.1 Å². The van der Waals surface area contributed by atoms with Gasteiger partial charge in [-0.1, -0.05) is 27.7 Å². The molecular weight excluding hydrogens is 621 g/mol. The highest BCUT2D eigenvalue weighted by atomic mass is 127. The lowest BCUT2D eigenvalue weighted by atomic mass is 9.90. The zero-order chi connectivity index (χ0) is 30.8. The van der Waals surface area contributed by atoms with E-state index >= 15 is 0 Å². The maximum Gasteiger partial charge on any atom is 0.306 e. The average Bonchev–Trinajstić information content (AvgIpc) is 2.75. The van der Waals surface area contributed by atoms with Gasteiger partial charge in [0.05, 0.1) is 26.1 Å². The van der Waals surface area contributed by atoms with Gasteiger partial charge in [0.25, 0.3) is 0 Å². The Balaban J connectivity index is 0.000000400. The van der Waals surface area contributed by atoms with Crippen LogP contribution in [0.5, 0.6) is 11.5 Å². The second-order valence-corrected chi connectivity index (χ2v) is 14.7. The molecule has 0 bridgehead atoms. The summed E-state index contributed by atoms with van der Waals surface area (Å²) in [5.74, 6) is 1.18. The molecule has 0 aliphatic carbocycles. The zero-order valence-corrected chi connectivity index (χ0v) is 28.0. The molecule has 0 fully saturated rings. The summed E-state index contributed by atoms with van der Waals surface area (Å²) in [6.45, 7) is 20.1. The van der Waals surface area contributed by atoms with Gasteiger partial charge in [-0.2, -0.15) is 0 Å². The third kappa shape index (κ3) is 17.3. The number of hydrogen-bond acceptors (Lipinski definition) is 7. The molecule has 0 aliphatic rings. The van der Waals surface area contributed by atoms with Crippen molar-refractivity contribution in [3.63, 3.8) is 0 Å². The molecule has 0 spiro atoms. The Kier molecular flexibility index (Phi) is 13.3. The molecule has 2 N–H and O–H groups in total. The summed E-state index contributed by atoms with van der Waals surface area (Å²) in [4.78, 5) is 23.7. The minimum Gasteiger partial charge on any atom is -0.493 e. The van der Waals surface area contributed by atoms with Crippen LogP contribution in [0.3, 0.4) is 0 Å². The van der Waals surface area contributed by atoms with Gasteiger partial charge in [-0.25, -0.2) is 0 Å². The number of anilines is 1. The number of rotatable bonds is 10. The minimum atomic E-state index is -0.453. The van der Waals surface area contributed by atoms with Gasteiger partial charge in [0.1, 0.15) is 22.7 Å². The summed E-state index contributed by atoms with van der Waals surface area (Å²) < 4.78 is 23.3. The van der Waals surface area contributed by atoms with Crippen molar-refractivity contribution in [2.75, 3.05) is 18.9 Å². The first-order valence-corrected chi connectivity index (χ1v) is 14.5. The van der Waals surface area contributed by atoms with Crippen LogP contribution < -0.4 is 15.2 Å². The van der Waals surface area contributed by atoms with Gasteiger partial charge in [-0.15, -0.1) is 0 Å². The Bertz CT molecular complexity index is 977. The Hall–Kier alpha value is -2.49. The predicted octanol–water partition coefficient (Wildman–Crippen LogP) is 7.83. The van der Waals surface area contributed by atoms with Crippen molar-refractivity contribution in [3.8, 4) is 11.5 Å². The van der Waals surface area contributed by atoms with Crippen LogP contribution in [-0.4, -0.2) is 36.4 Å². The molecule has 8 heteroatoms. The maximum atomic E-state index is 11.9. The van der Waals surface area contributed by atoms with Crippen molar-refractivity contribution >= 4 is 40.2 Å². The Morgan fingerprint density at radius 2 is 0.950 bits per heavy atom. The number of benzene rings is 2. The summed E-state index contributed by atoms with van der Waals surface area (Å²) >= 11 is 2.25. The van der Waals surface area contributed by atoms with Crippen LogP contribution in [0.1, 0.15) is 82.1 Å². The van der Waals surface area contributed by atoms with Crippen LogP contribution in [-0.2, 0) is 19.1 Å². The van der Waals surface area contributed by atoms with E-state index in [2.05, 4.69) is 22.6 Å². The Morgan fingerprint density at radius 1 is 0.625 bits per heavy atom. The van der Waals surface area contributed by atoms with Crippen LogP contribution in [0.4, 0.5) is 5.69 Å². The molecule has 7 nitrogen and oxygen atoms in total. The van der Waals surface area contributed by atoms with Crippen molar-refractivity contribution in [2.45, 2.75) is 93.3 Å². The first-order valence-electron chi connectivity index (χ1n) is 13.5. The number of carbonyl (C=O) groups excluding carboxylic acids is 2. The first kappa shape index (κ1) is 35.5. The van der Waals surface area contributed by atoms with E-state index in [1.54, 1.807) is 12.1 Å². The van der Waals surface area contributed by atoms with Crippen LogP contribution in [0.2, 0.25) is 0 Å². The first-order chi connectivity index (χ1) is 18.1. The van der Waals surface area contributed by atoms with Gasteiger partial charge in [0.2, 0.25) is 0 Å². The third-order valence-electron chi connectivity index (χ3n) is 5.04. The van der Waals surface area contributed by atoms with E-state index in [1.165, 1.54) is 3.57 Å². The number of nitrogen functional groups attached to an aromatic ring is 1. The third-order valence-corrected chi connectivity index (χ3v) is 5.76. The van der Waals surface area contributed by atoms with E-state index in [0.29, 0.717) is 31.7 Å². The smallest absolute Gasteiger partial charge is 0.306 e. The summed E-state index contributed by atoms with van der Waals surface area (Å²) in [6.07, 6.45) is 0.661. The largest absolute Gasteiger partial charge is 0.493 e. The SMILES string of the molecule is CC(C)(COc1ccc(I)cc1)CC(=O)OC(C)(C)C.CC(C)(COc1ccc(N)cc1)CC(=O)OC(C)(C)C. The van der Waals surface area contributed by atoms with Crippen molar-refractivity contribution in [1.29, 1.82) is 0 Å². The van der Waals surface area contributed by atoms with Gasteiger partial charge in [-0.3, -0.25) is 9.59 Å². The number of ether oxygens (including phenoxy) is 4. The highest BCUT2D eigenvalue weighted by molar-refractivity contribution is 14.1. The molecule has 224 valence electrons. The molecule has 0 saturated carbocycles. The highest BCUT2D eigenvalue weighted by Crippen LogP contribution is 2.26. The number of esters is 2. The fourth-order valence-corrected chi connectivity index (χ4v) is 3.65. The van der Waals surface area contributed by atoms with E-state index < -0.39 is 11.2 Å². The van der Waals surface area contributed by atoms with Gasteiger partial charge in [-0.05, 0) is 113 Å². The second-order valence-electron chi connectivity index (χ2n) is 13.5. The molecule has 0 amide bonds. The van der Waals surface area contributed by atoms with E-state index in [0.717, 1.165) is 11.5 Å². The maximum absolute atomic E-state index is 11.9. The van der Waals surface area contributed by atoms with Crippen molar-refractivity contribution in [2.24, 2.45) is 10.8 Å². The van der Waals surface area contributed by atoms with E-state index in [-0.39, 0.29) is 22.8 Å². The van der Waals surface area contributed by atoms with Crippen molar-refractivity contribution in [1.82, 2.24) is 0 Å². The Labute approximate surface area is 254 Å². The summed E-state index contributed by atoms with van der Waals surface area (Å²) in [7, 11) is 0.